The van der Waals surface area contributed by atoms with Crippen molar-refractivity contribution in [3.63, 3.8) is 0 Å². The zero-order valence-electron chi connectivity index (χ0n) is 16.1. The molecule has 1 fully saturated rings. The van der Waals surface area contributed by atoms with E-state index >= 15 is 0 Å². The molecule has 0 N–H and O–H groups in total. The van der Waals surface area contributed by atoms with Crippen LogP contribution in [-0.4, -0.2) is 37.6 Å². The van der Waals surface area contributed by atoms with Gasteiger partial charge in [0.05, 0.1) is 4.90 Å². The number of amides is 1. The second-order valence-electron chi connectivity index (χ2n) is 7.13. The maximum atomic E-state index is 12.8. The number of sulfone groups is 1. The molecule has 30 heavy (non-hydrogen) atoms. The average molecular weight is 442 g/mol. The maximum Gasteiger partial charge on any atom is 0.254 e. The SMILES string of the molecule is O=C(c1cccc(OCc2ccccc2)c1)N1CC(S(=O)(=O)c2ccc(Cl)cc2)C1. The lowest BCUT2D eigenvalue weighted by Gasteiger charge is -2.38. The Hall–Kier alpha value is -2.83. The Kier molecular flexibility index (Phi) is 5.79. The smallest absolute Gasteiger partial charge is 0.254 e. The maximum absolute atomic E-state index is 12.8. The minimum absolute atomic E-state index is 0.166. The molecule has 0 spiro atoms. The monoisotopic (exact) mass is 441 g/mol. The number of hydrogen-bond acceptors (Lipinski definition) is 4. The van der Waals surface area contributed by atoms with Gasteiger partial charge in [-0.25, -0.2) is 8.42 Å². The van der Waals surface area contributed by atoms with Crippen LogP contribution in [0.3, 0.4) is 0 Å². The summed E-state index contributed by atoms with van der Waals surface area (Å²) in [5.41, 5.74) is 1.51. The van der Waals surface area contributed by atoms with Gasteiger partial charge in [-0.15, -0.1) is 0 Å². The Balaban J connectivity index is 1.38. The second kappa shape index (κ2) is 8.50. The number of carbonyl (C=O) groups is 1. The highest BCUT2D eigenvalue weighted by molar-refractivity contribution is 7.92. The molecule has 7 heteroatoms. The van der Waals surface area contributed by atoms with Gasteiger partial charge in [-0.05, 0) is 48.0 Å². The third-order valence-electron chi connectivity index (χ3n) is 5.05. The second-order valence-corrected chi connectivity index (χ2v) is 9.80. The third-order valence-corrected chi connectivity index (χ3v) is 7.40. The molecule has 3 aromatic rings. The lowest BCUT2D eigenvalue weighted by atomic mass is 10.1. The van der Waals surface area contributed by atoms with Gasteiger partial charge in [-0.1, -0.05) is 48.0 Å². The van der Waals surface area contributed by atoms with E-state index in [1.807, 2.05) is 30.3 Å². The largest absolute Gasteiger partial charge is 0.489 e. The Morgan fingerprint density at radius 2 is 1.67 bits per heavy atom. The number of benzene rings is 3. The molecule has 0 unspecified atom stereocenters. The molecule has 3 aromatic carbocycles. The van der Waals surface area contributed by atoms with Crippen LogP contribution in [0.25, 0.3) is 0 Å². The molecular formula is C23H20ClNO4S. The summed E-state index contributed by atoms with van der Waals surface area (Å²) in [5.74, 6) is 0.387. The van der Waals surface area contributed by atoms with Crippen LogP contribution < -0.4 is 4.74 Å². The lowest BCUT2D eigenvalue weighted by Crippen LogP contribution is -2.56. The van der Waals surface area contributed by atoms with Crippen molar-refractivity contribution < 1.29 is 17.9 Å². The van der Waals surface area contributed by atoms with Crippen molar-refractivity contribution in [3.8, 4) is 5.75 Å². The first-order valence-corrected chi connectivity index (χ1v) is 11.4. The number of hydrogen-bond donors (Lipinski definition) is 0. The van der Waals surface area contributed by atoms with E-state index in [0.29, 0.717) is 22.9 Å². The van der Waals surface area contributed by atoms with Crippen molar-refractivity contribution in [3.05, 3.63) is 95.0 Å². The van der Waals surface area contributed by atoms with E-state index in [4.69, 9.17) is 16.3 Å². The Bertz CT molecular complexity index is 1140. The van der Waals surface area contributed by atoms with Gasteiger partial charge < -0.3 is 9.64 Å². The number of halogens is 1. The van der Waals surface area contributed by atoms with Gasteiger partial charge in [-0.3, -0.25) is 4.79 Å². The van der Waals surface area contributed by atoms with Crippen molar-refractivity contribution in [1.29, 1.82) is 0 Å². The van der Waals surface area contributed by atoms with E-state index in [1.165, 1.54) is 17.0 Å². The van der Waals surface area contributed by atoms with Crippen LogP contribution in [0.15, 0.2) is 83.8 Å². The molecular weight excluding hydrogens is 422 g/mol. The van der Waals surface area contributed by atoms with Gasteiger partial charge in [0, 0.05) is 23.7 Å². The van der Waals surface area contributed by atoms with Crippen molar-refractivity contribution in [2.24, 2.45) is 0 Å². The minimum Gasteiger partial charge on any atom is -0.489 e. The normalized spacial score (nSPS) is 14.2. The van der Waals surface area contributed by atoms with E-state index < -0.39 is 15.1 Å². The molecule has 0 radical (unpaired) electrons. The summed E-state index contributed by atoms with van der Waals surface area (Å²) >= 11 is 5.83. The van der Waals surface area contributed by atoms with Crippen molar-refractivity contribution in [2.75, 3.05) is 13.1 Å². The topological polar surface area (TPSA) is 63.7 Å². The highest BCUT2D eigenvalue weighted by atomic mass is 35.5. The number of carbonyl (C=O) groups excluding carboxylic acids is 1. The summed E-state index contributed by atoms with van der Waals surface area (Å²) in [4.78, 5) is 14.5. The molecule has 154 valence electrons. The van der Waals surface area contributed by atoms with Crippen molar-refractivity contribution in [1.82, 2.24) is 4.90 Å². The summed E-state index contributed by atoms with van der Waals surface area (Å²) in [6, 6.07) is 22.8. The first-order valence-electron chi connectivity index (χ1n) is 9.49. The molecule has 1 aliphatic rings. The zero-order valence-corrected chi connectivity index (χ0v) is 17.6. The molecule has 0 saturated carbocycles. The average Bonchev–Trinajstić information content (AvgIpc) is 2.72. The van der Waals surface area contributed by atoms with Crippen LogP contribution in [0, 0.1) is 0 Å². The minimum atomic E-state index is -3.49. The fourth-order valence-electron chi connectivity index (χ4n) is 3.26. The third kappa shape index (κ3) is 4.35. The predicted molar refractivity (Wildman–Crippen MR) is 116 cm³/mol. The summed E-state index contributed by atoms with van der Waals surface area (Å²) in [7, 11) is -3.49. The van der Waals surface area contributed by atoms with Gasteiger partial charge in [0.15, 0.2) is 9.84 Å². The summed E-state index contributed by atoms with van der Waals surface area (Å²) in [6.45, 7) is 0.737. The lowest BCUT2D eigenvalue weighted by molar-refractivity contribution is 0.0658. The fraction of sp³-hybridized carbons (Fsp3) is 0.174. The summed E-state index contributed by atoms with van der Waals surface area (Å²) < 4.78 is 31.2. The van der Waals surface area contributed by atoms with Gasteiger partial charge in [0.25, 0.3) is 5.91 Å². The molecule has 1 amide bonds. The zero-order chi connectivity index (χ0) is 21.1. The summed E-state index contributed by atoms with van der Waals surface area (Å²) in [5, 5.41) is -0.131. The van der Waals surface area contributed by atoms with Gasteiger partial charge in [0.2, 0.25) is 0 Å². The molecule has 5 nitrogen and oxygen atoms in total. The molecule has 0 aliphatic carbocycles. The first-order chi connectivity index (χ1) is 14.4. The molecule has 1 heterocycles. The van der Waals surface area contributed by atoms with E-state index in [9.17, 15) is 13.2 Å². The van der Waals surface area contributed by atoms with Crippen LogP contribution >= 0.6 is 11.6 Å². The van der Waals surface area contributed by atoms with Crippen molar-refractivity contribution in [2.45, 2.75) is 16.8 Å². The fourth-order valence-corrected chi connectivity index (χ4v) is 5.04. The molecule has 4 rings (SSSR count). The molecule has 1 saturated heterocycles. The van der Waals surface area contributed by atoms with Crippen LogP contribution in [0.2, 0.25) is 5.02 Å². The number of ether oxygens (including phenoxy) is 1. The predicted octanol–water partition coefficient (Wildman–Crippen LogP) is 4.22. The molecule has 1 aliphatic heterocycles. The van der Waals surface area contributed by atoms with Crippen LogP contribution in [-0.2, 0) is 16.4 Å². The molecule has 0 atom stereocenters. The van der Waals surface area contributed by atoms with Gasteiger partial charge >= 0.3 is 0 Å². The Labute approximate surface area is 180 Å². The molecule has 0 aromatic heterocycles. The van der Waals surface area contributed by atoms with E-state index in [0.717, 1.165) is 5.56 Å². The summed E-state index contributed by atoms with van der Waals surface area (Å²) in [6.07, 6.45) is 0. The van der Waals surface area contributed by atoms with Crippen LogP contribution in [0.5, 0.6) is 5.75 Å². The number of nitrogens with zero attached hydrogens (tertiary/aromatic N) is 1. The number of rotatable bonds is 6. The van der Waals surface area contributed by atoms with E-state index in [1.54, 1.807) is 36.4 Å². The quantitative estimate of drug-likeness (QED) is 0.574. The van der Waals surface area contributed by atoms with Crippen LogP contribution in [0.1, 0.15) is 15.9 Å². The van der Waals surface area contributed by atoms with E-state index in [2.05, 4.69) is 0 Å². The molecule has 0 bridgehead atoms. The van der Waals surface area contributed by atoms with Crippen molar-refractivity contribution >= 4 is 27.3 Å². The van der Waals surface area contributed by atoms with Gasteiger partial charge in [0.1, 0.15) is 17.6 Å². The Morgan fingerprint density at radius 3 is 2.37 bits per heavy atom. The highest BCUT2D eigenvalue weighted by Crippen LogP contribution is 2.27. The Morgan fingerprint density at radius 1 is 0.967 bits per heavy atom. The number of likely N-dealkylation sites (tertiary alicyclic amines) is 1. The van der Waals surface area contributed by atoms with Gasteiger partial charge in [-0.2, -0.15) is 0 Å². The van der Waals surface area contributed by atoms with Crippen LogP contribution in [0.4, 0.5) is 0 Å². The van der Waals surface area contributed by atoms with E-state index in [-0.39, 0.29) is 23.9 Å². The highest BCUT2D eigenvalue weighted by Gasteiger charge is 2.40. The first kappa shape index (κ1) is 20.4. The standard InChI is InChI=1S/C23H20ClNO4S/c24-19-9-11-21(12-10-19)30(27,28)22-14-25(15-22)23(26)18-7-4-8-20(13-18)29-16-17-5-2-1-3-6-17/h1-13,22H,14-16H2.